The van der Waals surface area contributed by atoms with E-state index in [1.165, 1.54) is 0 Å². The maximum absolute atomic E-state index is 9.32. The van der Waals surface area contributed by atoms with Gasteiger partial charge in [0.05, 0.1) is 4.47 Å². The fourth-order valence-corrected chi connectivity index (χ4v) is 1.54. The van der Waals surface area contributed by atoms with Crippen LogP contribution in [0.2, 0.25) is 0 Å². The van der Waals surface area contributed by atoms with Gasteiger partial charge in [0.15, 0.2) is 0 Å². The van der Waals surface area contributed by atoms with Gasteiger partial charge in [-0.2, -0.15) is 0 Å². The molecule has 0 bridgehead atoms. The van der Waals surface area contributed by atoms with Crippen LogP contribution in [0.1, 0.15) is 24.1 Å². The molecule has 0 spiro atoms. The summed E-state index contributed by atoms with van der Waals surface area (Å²) in [4.78, 5) is 0. The lowest BCUT2D eigenvalue weighted by Crippen LogP contribution is -2.06. The van der Waals surface area contributed by atoms with E-state index in [1.807, 2.05) is 19.9 Å². The van der Waals surface area contributed by atoms with Gasteiger partial charge in [0, 0.05) is 6.04 Å². The van der Waals surface area contributed by atoms with Gasteiger partial charge in [-0.1, -0.05) is 6.07 Å². The number of benzene rings is 1. The van der Waals surface area contributed by atoms with Crippen molar-refractivity contribution in [2.45, 2.75) is 19.9 Å². The molecule has 1 aromatic rings. The highest BCUT2D eigenvalue weighted by molar-refractivity contribution is 9.10. The molecule has 1 atom stereocenters. The second-order valence-electron chi connectivity index (χ2n) is 2.90. The zero-order chi connectivity index (χ0) is 9.30. The summed E-state index contributed by atoms with van der Waals surface area (Å²) in [7, 11) is 0. The van der Waals surface area contributed by atoms with Gasteiger partial charge in [-0.15, -0.1) is 0 Å². The summed E-state index contributed by atoms with van der Waals surface area (Å²) in [5.74, 6) is 0.261. The predicted molar refractivity (Wildman–Crippen MR) is 53.1 cm³/mol. The average molecular weight is 230 g/mol. The second-order valence-corrected chi connectivity index (χ2v) is 3.69. The number of rotatable bonds is 1. The first-order chi connectivity index (χ1) is 5.54. The van der Waals surface area contributed by atoms with Crippen LogP contribution in [0.3, 0.4) is 0 Å². The minimum atomic E-state index is 0.00176. The summed E-state index contributed by atoms with van der Waals surface area (Å²) >= 11 is 3.29. The minimum absolute atomic E-state index is 0.00176. The number of hydrogen-bond acceptors (Lipinski definition) is 2. The average Bonchev–Trinajstić information content (AvgIpc) is 2.00. The van der Waals surface area contributed by atoms with Gasteiger partial charge in [0.1, 0.15) is 5.75 Å². The maximum atomic E-state index is 9.32. The molecule has 1 unspecified atom stereocenters. The normalized spacial score (nSPS) is 13.0. The molecule has 2 nitrogen and oxygen atoms in total. The quantitative estimate of drug-likeness (QED) is 0.778. The molecule has 0 radical (unpaired) electrons. The number of hydrogen-bond donors (Lipinski definition) is 2. The van der Waals surface area contributed by atoms with Crippen LogP contribution in [-0.4, -0.2) is 5.11 Å². The summed E-state index contributed by atoms with van der Waals surface area (Å²) in [6.45, 7) is 3.86. The maximum Gasteiger partial charge on any atom is 0.130 e. The molecule has 0 aliphatic rings. The van der Waals surface area contributed by atoms with E-state index in [1.54, 1.807) is 6.07 Å². The van der Waals surface area contributed by atoms with Gasteiger partial charge >= 0.3 is 0 Å². The molecule has 0 saturated carbocycles. The molecule has 0 aliphatic carbocycles. The van der Waals surface area contributed by atoms with Gasteiger partial charge in [0.2, 0.25) is 0 Å². The Labute approximate surface area is 80.5 Å². The zero-order valence-electron chi connectivity index (χ0n) is 7.13. The van der Waals surface area contributed by atoms with E-state index in [0.717, 1.165) is 15.6 Å². The van der Waals surface area contributed by atoms with Crippen molar-refractivity contribution in [2.75, 3.05) is 0 Å². The SMILES string of the molecule is Cc1c(C(C)N)ccc(O)c1Br. The van der Waals surface area contributed by atoms with E-state index in [9.17, 15) is 5.11 Å². The van der Waals surface area contributed by atoms with Crippen molar-refractivity contribution in [2.24, 2.45) is 5.73 Å². The molecule has 3 N–H and O–H groups in total. The highest BCUT2D eigenvalue weighted by Gasteiger charge is 2.08. The molecular weight excluding hydrogens is 218 g/mol. The van der Waals surface area contributed by atoms with Gasteiger partial charge in [0.25, 0.3) is 0 Å². The molecule has 0 saturated heterocycles. The van der Waals surface area contributed by atoms with Crippen molar-refractivity contribution in [1.29, 1.82) is 0 Å². The van der Waals surface area contributed by atoms with Crippen LogP contribution in [0.25, 0.3) is 0 Å². The van der Waals surface area contributed by atoms with Crippen molar-refractivity contribution >= 4 is 15.9 Å². The summed E-state index contributed by atoms with van der Waals surface area (Å²) in [6, 6.07) is 3.50. The van der Waals surface area contributed by atoms with Crippen molar-refractivity contribution < 1.29 is 5.11 Å². The molecular formula is C9H12BrNO. The number of halogens is 1. The van der Waals surface area contributed by atoms with E-state index >= 15 is 0 Å². The first-order valence-corrected chi connectivity index (χ1v) is 4.57. The van der Waals surface area contributed by atoms with Crippen LogP contribution >= 0.6 is 15.9 Å². The zero-order valence-corrected chi connectivity index (χ0v) is 8.72. The van der Waals surface area contributed by atoms with E-state index in [-0.39, 0.29) is 11.8 Å². The lowest BCUT2D eigenvalue weighted by Gasteiger charge is -2.11. The lowest BCUT2D eigenvalue weighted by molar-refractivity contribution is 0.471. The van der Waals surface area contributed by atoms with E-state index in [4.69, 9.17) is 5.73 Å². The fraction of sp³-hybridized carbons (Fsp3) is 0.333. The molecule has 0 fully saturated rings. The van der Waals surface area contributed by atoms with Gasteiger partial charge in [-0.3, -0.25) is 0 Å². The first-order valence-electron chi connectivity index (χ1n) is 3.77. The van der Waals surface area contributed by atoms with E-state index in [2.05, 4.69) is 15.9 Å². The monoisotopic (exact) mass is 229 g/mol. The molecule has 3 heteroatoms. The number of phenolic OH excluding ortho intramolecular Hbond substituents is 1. The first kappa shape index (κ1) is 9.55. The number of nitrogens with two attached hydrogens (primary N) is 1. The predicted octanol–water partition coefficient (Wildman–Crippen LogP) is 2.48. The Morgan fingerprint density at radius 1 is 1.50 bits per heavy atom. The Kier molecular flexibility index (Phi) is 2.75. The van der Waals surface area contributed by atoms with Crippen molar-refractivity contribution in [3.8, 4) is 5.75 Å². The van der Waals surface area contributed by atoms with Crippen LogP contribution in [-0.2, 0) is 0 Å². The lowest BCUT2D eigenvalue weighted by atomic mass is 10.0. The molecule has 0 aliphatic heterocycles. The standard InChI is InChI=1S/C9H12BrNO/c1-5-7(6(2)11)3-4-8(12)9(5)10/h3-4,6,12H,11H2,1-2H3. The van der Waals surface area contributed by atoms with Crippen LogP contribution in [0.15, 0.2) is 16.6 Å². The van der Waals surface area contributed by atoms with Crippen molar-refractivity contribution in [3.05, 3.63) is 27.7 Å². The molecule has 1 rings (SSSR count). The highest BCUT2D eigenvalue weighted by Crippen LogP contribution is 2.31. The summed E-state index contributed by atoms with van der Waals surface area (Å²) in [6.07, 6.45) is 0. The summed E-state index contributed by atoms with van der Waals surface area (Å²) in [5.41, 5.74) is 7.79. The largest absolute Gasteiger partial charge is 0.507 e. The Hall–Kier alpha value is -0.540. The minimum Gasteiger partial charge on any atom is -0.507 e. The molecule has 12 heavy (non-hydrogen) atoms. The Morgan fingerprint density at radius 3 is 2.58 bits per heavy atom. The topological polar surface area (TPSA) is 46.2 Å². The fourth-order valence-electron chi connectivity index (χ4n) is 1.18. The van der Waals surface area contributed by atoms with Crippen LogP contribution in [0.5, 0.6) is 5.75 Å². The molecule has 1 aromatic carbocycles. The Balaban J connectivity index is 3.27. The van der Waals surface area contributed by atoms with Crippen molar-refractivity contribution in [1.82, 2.24) is 0 Å². The summed E-state index contributed by atoms with van der Waals surface area (Å²) < 4.78 is 0.734. The third kappa shape index (κ3) is 1.62. The van der Waals surface area contributed by atoms with E-state index < -0.39 is 0 Å². The van der Waals surface area contributed by atoms with E-state index in [0.29, 0.717) is 0 Å². The molecule has 0 aromatic heterocycles. The molecule has 0 heterocycles. The smallest absolute Gasteiger partial charge is 0.130 e. The van der Waals surface area contributed by atoms with Crippen molar-refractivity contribution in [3.63, 3.8) is 0 Å². The third-order valence-electron chi connectivity index (χ3n) is 1.90. The van der Waals surface area contributed by atoms with Gasteiger partial charge in [-0.25, -0.2) is 0 Å². The third-order valence-corrected chi connectivity index (χ3v) is 2.90. The molecule has 66 valence electrons. The van der Waals surface area contributed by atoms with Crippen LogP contribution in [0, 0.1) is 6.92 Å². The van der Waals surface area contributed by atoms with Gasteiger partial charge < -0.3 is 10.8 Å². The number of phenols is 1. The molecule has 0 amide bonds. The summed E-state index contributed by atoms with van der Waals surface area (Å²) in [5, 5.41) is 9.32. The highest BCUT2D eigenvalue weighted by atomic mass is 79.9. The Morgan fingerprint density at radius 2 is 2.08 bits per heavy atom. The van der Waals surface area contributed by atoms with Crippen LogP contribution in [0.4, 0.5) is 0 Å². The Bertz CT molecular complexity index is 297. The van der Waals surface area contributed by atoms with Gasteiger partial charge in [-0.05, 0) is 47.0 Å². The second kappa shape index (κ2) is 3.46. The van der Waals surface area contributed by atoms with Crippen LogP contribution < -0.4 is 5.73 Å². The number of aromatic hydroxyl groups is 1.